The molecule has 0 fully saturated rings. The topological polar surface area (TPSA) is 21.5 Å². The summed E-state index contributed by atoms with van der Waals surface area (Å²) in [5.41, 5.74) is 3.19. The lowest BCUT2D eigenvalue weighted by Crippen LogP contribution is -2.12. The number of nitrogens with zero attached hydrogens (tertiary/aromatic N) is 1. The number of halogens is 1. The Morgan fingerprint density at radius 1 is 0.704 bits per heavy atom. The molecule has 3 aromatic heterocycles. The second kappa shape index (κ2) is 5.41. The molecule has 0 N–H and O–H groups in total. The molecule has 0 saturated carbocycles. The largest absolute Gasteiger partial charge is 0.274 e. The van der Waals surface area contributed by atoms with Crippen LogP contribution in [-0.4, -0.2) is 4.40 Å². The lowest BCUT2D eigenvalue weighted by Gasteiger charge is -2.07. The minimum Gasteiger partial charge on any atom is -0.274 e. The van der Waals surface area contributed by atoms with Gasteiger partial charge in [-0.05, 0) is 32.9 Å². The van der Waals surface area contributed by atoms with Gasteiger partial charge >= 0.3 is 0 Å². The molecule has 6 rings (SSSR count). The van der Waals surface area contributed by atoms with Gasteiger partial charge in [-0.15, -0.1) is 11.3 Å². The van der Waals surface area contributed by atoms with Gasteiger partial charge in [-0.25, -0.2) is 0 Å². The van der Waals surface area contributed by atoms with Gasteiger partial charge in [0.05, 0.1) is 19.7 Å². The van der Waals surface area contributed by atoms with Gasteiger partial charge in [-0.3, -0.25) is 9.20 Å². The summed E-state index contributed by atoms with van der Waals surface area (Å²) in [4.78, 5) is 14.6. The first kappa shape index (κ1) is 15.4. The number of hydrogen-bond donors (Lipinski definition) is 0. The van der Waals surface area contributed by atoms with Crippen molar-refractivity contribution in [3.63, 3.8) is 0 Å². The van der Waals surface area contributed by atoms with Crippen molar-refractivity contribution in [1.82, 2.24) is 4.40 Å². The first-order valence-electron chi connectivity index (χ1n) is 8.70. The average Bonchev–Trinajstić information content (AvgIpc) is 3.23. The van der Waals surface area contributed by atoms with Crippen molar-refractivity contribution < 1.29 is 0 Å². The van der Waals surface area contributed by atoms with Crippen molar-refractivity contribution >= 4 is 65.2 Å². The zero-order valence-corrected chi connectivity index (χ0v) is 16.5. The standard InChI is InChI=1S/C23H12BrNOS/c24-22-18-17-12-6-11-15-14-9-4-5-10-16(14)23(26)25(19(15)17)20(18)21(27-22)13-7-2-1-3-8-13/h1-12H. The highest BCUT2D eigenvalue weighted by Gasteiger charge is 2.23. The SMILES string of the molecule is O=c1c2ccccc2c2cccc3c4c(Br)sc(-c5ccccc5)c4n1c23. The molecule has 0 spiro atoms. The van der Waals surface area contributed by atoms with Crippen LogP contribution in [0.3, 0.4) is 0 Å². The molecule has 4 heteroatoms. The summed E-state index contributed by atoms with van der Waals surface area (Å²) < 4.78 is 2.99. The Hall–Kier alpha value is -2.69. The van der Waals surface area contributed by atoms with E-state index in [4.69, 9.17) is 0 Å². The summed E-state index contributed by atoms with van der Waals surface area (Å²) in [6.07, 6.45) is 0. The maximum absolute atomic E-state index is 13.5. The highest BCUT2D eigenvalue weighted by Crippen LogP contribution is 2.47. The summed E-state index contributed by atoms with van der Waals surface area (Å²) in [6.45, 7) is 0. The molecule has 3 heterocycles. The maximum Gasteiger partial charge on any atom is 0.263 e. The van der Waals surface area contributed by atoms with Gasteiger partial charge in [0.2, 0.25) is 0 Å². The van der Waals surface area contributed by atoms with Crippen molar-refractivity contribution in [2.45, 2.75) is 0 Å². The Bertz CT molecular complexity index is 1550. The van der Waals surface area contributed by atoms with E-state index >= 15 is 0 Å². The molecule has 0 saturated heterocycles. The maximum atomic E-state index is 13.5. The normalized spacial score (nSPS) is 12.0. The van der Waals surface area contributed by atoms with E-state index in [1.54, 1.807) is 11.3 Å². The lowest BCUT2D eigenvalue weighted by molar-refractivity contribution is 1.21. The van der Waals surface area contributed by atoms with Crippen LogP contribution in [0.2, 0.25) is 0 Å². The number of benzene rings is 3. The third kappa shape index (κ3) is 1.92. The predicted octanol–water partition coefficient (Wildman–Crippen LogP) is 6.69. The molecule has 27 heavy (non-hydrogen) atoms. The van der Waals surface area contributed by atoms with Gasteiger partial charge in [0.15, 0.2) is 0 Å². The van der Waals surface area contributed by atoms with E-state index in [1.165, 1.54) is 0 Å². The Balaban J connectivity index is 1.98. The number of rotatable bonds is 1. The summed E-state index contributed by atoms with van der Waals surface area (Å²) >= 11 is 5.46. The van der Waals surface area contributed by atoms with E-state index in [2.05, 4.69) is 46.3 Å². The summed E-state index contributed by atoms with van der Waals surface area (Å²) in [6, 6.07) is 24.5. The van der Waals surface area contributed by atoms with Crippen LogP contribution < -0.4 is 5.56 Å². The molecule has 3 aromatic carbocycles. The number of para-hydroxylation sites is 1. The highest BCUT2D eigenvalue weighted by molar-refractivity contribution is 9.11. The van der Waals surface area contributed by atoms with Gasteiger partial charge in [0.1, 0.15) is 0 Å². The van der Waals surface area contributed by atoms with E-state index in [0.717, 1.165) is 52.2 Å². The molecule has 0 aliphatic heterocycles. The Kier molecular flexibility index (Phi) is 3.08. The molecular formula is C23H12BrNOS. The van der Waals surface area contributed by atoms with E-state index in [1.807, 2.05) is 46.9 Å². The molecule has 128 valence electrons. The van der Waals surface area contributed by atoms with Crippen LogP contribution >= 0.6 is 27.3 Å². The quantitative estimate of drug-likeness (QED) is 0.267. The lowest BCUT2D eigenvalue weighted by atomic mass is 10.1. The van der Waals surface area contributed by atoms with Crippen LogP contribution in [0.25, 0.3) is 48.4 Å². The van der Waals surface area contributed by atoms with Crippen molar-refractivity contribution in [1.29, 1.82) is 0 Å². The molecule has 0 amide bonds. The van der Waals surface area contributed by atoms with Crippen molar-refractivity contribution in [2.24, 2.45) is 0 Å². The molecule has 0 aliphatic carbocycles. The van der Waals surface area contributed by atoms with E-state index in [9.17, 15) is 4.79 Å². The number of pyridine rings is 1. The minimum atomic E-state index is 0.0479. The van der Waals surface area contributed by atoms with Crippen LogP contribution in [0.1, 0.15) is 0 Å². The smallest absolute Gasteiger partial charge is 0.263 e. The second-order valence-corrected chi connectivity index (χ2v) is 9.02. The van der Waals surface area contributed by atoms with Crippen molar-refractivity contribution in [3.8, 4) is 10.4 Å². The Morgan fingerprint density at radius 2 is 1.37 bits per heavy atom. The van der Waals surface area contributed by atoms with E-state index < -0.39 is 0 Å². The zero-order chi connectivity index (χ0) is 18.1. The predicted molar refractivity (Wildman–Crippen MR) is 118 cm³/mol. The number of aromatic nitrogens is 1. The van der Waals surface area contributed by atoms with Crippen molar-refractivity contribution in [2.75, 3.05) is 0 Å². The molecule has 6 aromatic rings. The Morgan fingerprint density at radius 3 is 2.19 bits per heavy atom. The third-order valence-electron chi connectivity index (χ3n) is 5.28. The van der Waals surface area contributed by atoms with Crippen LogP contribution in [0.15, 0.2) is 81.4 Å². The van der Waals surface area contributed by atoms with Gasteiger partial charge in [-0.1, -0.05) is 66.7 Å². The van der Waals surface area contributed by atoms with E-state index in [0.29, 0.717) is 0 Å². The van der Waals surface area contributed by atoms with E-state index in [-0.39, 0.29) is 5.56 Å². The van der Waals surface area contributed by atoms with Gasteiger partial charge in [0.25, 0.3) is 5.56 Å². The van der Waals surface area contributed by atoms with Crippen LogP contribution in [0.4, 0.5) is 0 Å². The van der Waals surface area contributed by atoms with Crippen LogP contribution in [0, 0.1) is 0 Å². The molecule has 0 aliphatic rings. The summed E-state index contributed by atoms with van der Waals surface area (Å²) in [5, 5.41) is 5.14. The molecule has 0 unspecified atom stereocenters. The molecule has 0 radical (unpaired) electrons. The average molecular weight is 430 g/mol. The molecular weight excluding hydrogens is 418 g/mol. The fourth-order valence-electron chi connectivity index (χ4n) is 4.17. The van der Waals surface area contributed by atoms with Crippen LogP contribution in [0.5, 0.6) is 0 Å². The third-order valence-corrected chi connectivity index (χ3v) is 7.18. The fraction of sp³-hybridized carbons (Fsp3) is 0. The highest BCUT2D eigenvalue weighted by atomic mass is 79.9. The fourth-order valence-corrected chi connectivity index (χ4v) is 6.09. The monoisotopic (exact) mass is 429 g/mol. The summed E-state index contributed by atoms with van der Waals surface area (Å²) in [7, 11) is 0. The molecule has 0 bridgehead atoms. The molecule has 0 atom stereocenters. The van der Waals surface area contributed by atoms with Gasteiger partial charge in [0, 0.05) is 21.5 Å². The summed E-state index contributed by atoms with van der Waals surface area (Å²) in [5.74, 6) is 0. The minimum absolute atomic E-state index is 0.0479. The first-order valence-corrected chi connectivity index (χ1v) is 10.3. The van der Waals surface area contributed by atoms with Crippen molar-refractivity contribution in [3.05, 3.63) is 86.9 Å². The van der Waals surface area contributed by atoms with Crippen LogP contribution in [-0.2, 0) is 0 Å². The van der Waals surface area contributed by atoms with Gasteiger partial charge < -0.3 is 0 Å². The number of hydrogen-bond acceptors (Lipinski definition) is 2. The second-order valence-electron chi connectivity index (χ2n) is 6.68. The number of thiophene rings is 1. The van der Waals surface area contributed by atoms with Gasteiger partial charge in [-0.2, -0.15) is 0 Å². The zero-order valence-electron chi connectivity index (χ0n) is 14.1. The first-order chi connectivity index (χ1) is 13.3. The molecule has 2 nitrogen and oxygen atoms in total. The number of fused-ring (bicyclic) bond motifs is 5. The Labute approximate surface area is 166 Å².